The van der Waals surface area contributed by atoms with Gasteiger partial charge < -0.3 is 4.74 Å². The highest BCUT2D eigenvalue weighted by atomic mass is 32.2. The van der Waals surface area contributed by atoms with Gasteiger partial charge in [-0.1, -0.05) is 31.5 Å². The van der Waals surface area contributed by atoms with Gasteiger partial charge in [-0.15, -0.1) is 0 Å². The summed E-state index contributed by atoms with van der Waals surface area (Å²) in [4.78, 5) is 12.4. The Hall–Kier alpha value is -1.62. The molecule has 0 saturated carbocycles. The zero-order valence-corrected chi connectivity index (χ0v) is 13.2. The zero-order chi connectivity index (χ0) is 15.5. The van der Waals surface area contributed by atoms with Gasteiger partial charge in [0.05, 0.1) is 11.5 Å². The lowest BCUT2D eigenvalue weighted by atomic mass is 10.1. The second-order valence-electron chi connectivity index (χ2n) is 5.05. The monoisotopic (exact) mass is 308 g/mol. The number of esters is 1. The molecule has 1 unspecified atom stereocenters. The molecule has 5 heteroatoms. The highest BCUT2D eigenvalue weighted by molar-refractivity contribution is 7.94. The summed E-state index contributed by atoms with van der Waals surface area (Å²) in [7, 11) is -3.80. The fourth-order valence-corrected chi connectivity index (χ4v) is 4.32. The van der Waals surface area contributed by atoms with E-state index in [1.807, 2.05) is 6.92 Å². The summed E-state index contributed by atoms with van der Waals surface area (Å²) in [5.41, 5.74) is 0.659. The predicted octanol–water partition coefficient (Wildman–Crippen LogP) is 2.89. The number of sulfone groups is 1. The van der Waals surface area contributed by atoms with E-state index in [1.54, 1.807) is 31.2 Å². The molecule has 0 fully saturated rings. The summed E-state index contributed by atoms with van der Waals surface area (Å²) < 4.78 is 29.2. The molecule has 1 aromatic carbocycles. The first kappa shape index (κ1) is 15.8. The van der Waals surface area contributed by atoms with Crippen molar-refractivity contribution < 1.29 is 17.9 Å². The third-order valence-corrected chi connectivity index (χ3v) is 5.91. The molecule has 1 aliphatic rings. The molecule has 1 aromatic rings. The summed E-state index contributed by atoms with van der Waals surface area (Å²) >= 11 is 0. The fraction of sp³-hybridized carbons (Fsp3) is 0.438. The second kappa shape index (κ2) is 6.02. The predicted molar refractivity (Wildman–Crippen MR) is 80.6 cm³/mol. The molecule has 2 rings (SSSR count). The number of hydrogen-bond acceptors (Lipinski definition) is 4. The molecular weight excluding hydrogens is 288 g/mol. The Morgan fingerprint density at radius 3 is 2.43 bits per heavy atom. The molecular formula is C16H20O4S. The molecule has 1 atom stereocenters. The van der Waals surface area contributed by atoms with Crippen LogP contribution in [0.2, 0.25) is 0 Å². The van der Waals surface area contributed by atoms with Crippen molar-refractivity contribution in [3.63, 3.8) is 0 Å². The number of hydrogen-bond donors (Lipinski definition) is 0. The minimum absolute atomic E-state index is 0.154. The first-order valence-corrected chi connectivity index (χ1v) is 8.68. The topological polar surface area (TPSA) is 60.4 Å². The number of unbranched alkanes of at least 4 members (excludes halogenated alkanes) is 1. The van der Waals surface area contributed by atoms with Crippen molar-refractivity contribution >= 4 is 15.8 Å². The SMILES string of the molecule is CCCCC1=CC1(C(=O)OCC)S(=O)(=O)c1ccccc1. The van der Waals surface area contributed by atoms with E-state index in [1.165, 1.54) is 12.1 Å². The van der Waals surface area contributed by atoms with Crippen LogP contribution in [0.4, 0.5) is 0 Å². The number of carbonyl (C=O) groups excluding carboxylic acids is 1. The highest BCUT2D eigenvalue weighted by Gasteiger charge is 2.62. The average Bonchev–Trinajstić information content (AvgIpc) is 3.22. The van der Waals surface area contributed by atoms with Gasteiger partial charge in [0.25, 0.3) is 0 Å². The maximum atomic E-state index is 12.9. The van der Waals surface area contributed by atoms with Crippen LogP contribution in [0.15, 0.2) is 46.9 Å². The third-order valence-electron chi connectivity index (χ3n) is 3.63. The Morgan fingerprint density at radius 2 is 1.86 bits per heavy atom. The fourth-order valence-electron chi connectivity index (χ4n) is 2.41. The van der Waals surface area contributed by atoms with Crippen LogP contribution in [-0.2, 0) is 19.4 Å². The number of rotatable bonds is 7. The van der Waals surface area contributed by atoms with Crippen molar-refractivity contribution in [2.45, 2.75) is 42.8 Å². The van der Waals surface area contributed by atoms with E-state index in [9.17, 15) is 13.2 Å². The first-order valence-electron chi connectivity index (χ1n) is 7.19. The lowest BCUT2D eigenvalue weighted by molar-refractivity contribution is -0.142. The van der Waals surface area contributed by atoms with E-state index in [0.29, 0.717) is 12.0 Å². The molecule has 0 N–H and O–H groups in total. The van der Waals surface area contributed by atoms with E-state index in [2.05, 4.69) is 0 Å². The number of benzene rings is 1. The molecule has 1 aliphatic carbocycles. The molecule has 0 amide bonds. The van der Waals surface area contributed by atoms with Crippen LogP contribution in [0.5, 0.6) is 0 Å². The molecule has 114 valence electrons. The maximum Gasteiger partial charge on any atom is 0.336 e. The third kappa shape index (κ3) is 2.62. The van der Waals surface area contributed by atoms with Gasteiger partial charge in [0, 0.05) is 0 Å². The van der Waals surface area contributed by atoms with Crippen LogP contribution in [-0.4, -0.2) is 25.7 Å². The standard InChI is InChI=1S/C16H20O4S/c1-3-5-9-13-12-16(13,15(17)20-4-2)21(18,19)14-10-7-6-8-11-14/h6-8,10-12H,3-5,9H2,1-2H3. The molecule has 0 spiro atoms. The van der Waals surface area contributed by atoms with Crippen LogP contribution in [0.1, 0.15) is 33.1 Å². The van der Waals surface area contributed by atoms with Crippen molar-refractivity contribution in [2.24, 2.45) is 0 Å². The lowest BCUT2D eigenvalue weighted by Gasteiger charge is -2.18. The van der Waals surface area contributed by atoms with Crippen molar-refractivity contribution in [1.29, 1.82) is 0 Å². The average molecular weight is 308 g/mol. The lowest BCUT2D eigenvalue weighted by Crippen LogP contribution is -2.38. The summed E-state index contributed by atoms with van der Waals surface area (Å²) in [5, 5.41) is 0. The smallest absolute Gasteiger partial charge is 0.336 e. The van der Waals surface area contributed by atoms with Gasteiger partial charge in [-0.25, -0.2) is 13.2 Å². The number of ether oxygens (including phenoxy) is 1. The molecule has 0 bridgehead atoms. The quantitative estimate of drug-likeness (QED) is 0.574. The first-order chi connectivity index (χ1) is 10.0. The highest BCUT2D eigenvalue weighted by Crippen LogP contribution is 2.48. The van der Waals surface area contributed by atoms with Gasteiger partial charge in [0.15, 0.2) is 0 Å². The van der Waals surface area contributed by atoms with E-state index >= 15 is 0 Å². The summed E-state index contributed by atoms with van der Waals surface area (Å²) in [6.45, 7) is 3.87. The Kier molecular flexibility index (Phi) is 4.52. The van der Waals surface area contributed by atoms with E-state index in [4.69, 9.17) is 4.74 Å². The van der Waals surface area contributed by atoms with Gasteiger partial charge in [0.2, 0.25) is 14.6 Å². The molecule has 0 aromatic heterocycles. The van der Waals surface area contributed by atoms with Crippen molar-refractivity contribution in [3.05, 3.63) is 42.0 Å². The van der Waals surface area contributed by atoms with Gasteiger partial charge in [-0.05, 0) is 43.5 Å². The van der Waals surface area contributed by atoms with E-state index in [0.717, 1.165) is 12.8 Å². The molecule has 21 heavy (non-hydrogen) atoms. The van der Waals surface area contributed by atoms with Crippen molar-refractivity contribution in [2.75, 3.05) is 6.61 Å². The summed E-state index contributed by atoms with van der Waals surface area (Å²) in [6, 6.07) is 8.08. The Bertz CT molecular complexity index is 646. The zero-order valence-electron chi connectivity index (χ0n) is 12.3. The second-order valence-corrected chi connectivity index (χ2v) is 7.17. The Morgan fingerprint density at radius 1 is 1.19 bits per heavy atom. The van der Waals surface area contributed by atoms with Gasteiger partial charge in [-0.2, -0.15) is 0 Å². The van der Waals surface area contributed by atoms with Gasteiger partial charge in [0.1, 0.15) is 0 Å². The van der Waals surface area contributed by atoms with E-state index < -0.39 is 20.6 Å². The molecule has 0 heterocycles. The van der Waals surface area contributed by atoms with Crippen LogP contribution < -0.4 is 0 Å². The Balaban J connectivity index is 2.37. The summed E-state index contributed by atoms with van der Waals surface area (Å²) in [6.07, 6.45) is 3.96. The molecule has 0 aliphatic heterocycles. The molecule has 0 saturated heterocycles. The minimum Gasteiger partial charge on any atom is -0.464 e. The van der Waals surface area contributed by atoms with Crippen LogP contribution >= 0.6 is 0 Å². The number of carbonyl (C=O) groups is 1. The van der Waals surface area contributed by atoms with Crippen LogP contribution in [0.25, 0.3) is 0 Å². The van der Waals surface area contributed by atoms with Crippen LogP contribution in [0.3, 0.4) is 0 Å². The molecule has 4 nitrogen and oxygen atoms in total. The minimum atomic E-state index is -3.80. The van der Waals surface area contributed by atoms with Crippen LogP contribution in [0, 0.1) is 0 Å². The maximum absolute atomic E-state index is 12.9. The van der Waals surface area contributed by atoms with E-state index in [-0.39, 0.29) is 11.5 Å². The largest absolute Gasteiger partial charge is 0.464 e. The van der Waals surface area contributed by atoms with Crippen molar-refractivity contribution in [1.82, 2.24) is 0 Å². The molecule has 0 radical (unpaired) electrons. The van der Waals surface area contributed by atoms with Gasteiger partial charge in [-0.3, -0.25) is 0 Å². The normalized spacial score (nSPS) is 20.8. The van der Waals surface area contributed by atoms with Gasteiger partial charge >= 0.3 is 5.97 Å². The van der Waals surface area contributed by atoms with Crippen molar-refractivity contribution in [3.8, 4) is 0 Å². The Labute approximate surface area is 125 Å². The summed E-state index contributed by atoms with van der Waals surface area (Å²) in [5.74, 6) is -0.681.